The van der Waals surface area contributed by atoms with Gasteiger partial charge in [-0.25, -0.2) is 0 Å². The van der Waals surface area contributed by atoms with E-state index < -0.39 is 0 Å². The van der Waals surface area contributed by atoms with Crippen molar-refractivity contribution in [2.75, 3.05) is 19.6 Å². The minimum atomic E-state index is -0.330. The molecule has 1 rings (SSSR count). The van der Waals surface area contributed by atoms with Gasteiger partial charge in [-0.1, -0.05) is 29.8 Å². The molecular weight excluding hydrogens is 230 g/mol. The van der Waals surface area contributed by atoms with Crippen LogP contribution in [-0.4, -0.2) is 31.4 Å². The van der Waals surface area contributed by atoms with Crippen molar-refractivity contribution in [2.24, 2.45) is 5.73 Å². The van der Waals surface area contributed by atoms with Gasteiger partial charge in [0.05, 0.1) is 13.1 Å². The maximum atomic E-state index is 11.4. The number of hydrogen-bond acceptors (Lipinski definition) is 3. The van der Waals surface area contributed by atoms with Crippen molar-refractivity contribution in [1.82, 2.24) is 10.6 Å². The normalized spacial score (nSPS) is 9.89. The summed E-state index contributed by atoms with van der Waals surface area (Å²) in [4.78, 5) is 22.2. The van der Waals surface area contributed by atoms with E-state index in [4.69, 9.17) is 5.73 Å². The zero-order chi connectivity index (χ0) is 13.4. The fraction of sp³-hybridized carbons (Fsp3) is 0.385. The Balaban J connectivity index is 2.21. The van der Waals surface area contributed by atoms with Crippen LogP contribution in [0.1, 0.15) is 11.1 Å². The molecule has 0 fully saturated rings. The molecule has 0 unspecified atom stereocenters. The molecular formula is C13H19N3O2. The summed E-state index contributed by atoms with van der Waals surface area (Å²) in [6, 6.07) is 8.14. The van der Waals surface area contributed by atoms with Gasteiger partial charge in [0, 0.05) is 6.54 Å². The van der Waals surface area contributed by atoms with Crippen LogP contribution >= 0.6 is 0 Å². The first-order valence-corrected chi connectivity index (χ1v) is 5.91. The zero-order valence-corrected chi connectivity index (χ0v) is 10.5. The molecule has 0 aliphatic heterocycles. The Morgan fingerprint density at radius 1 is 1.22 bits per heavy atom. The summed E-state index contributed by atoms with van der Waals surface area (Å²) in [5.74, 6) is -0.534. The molecule has 1 aromatic carbocycles. The summed E-state index contributed by atoms with van der Waals surface area (Å²) in [7, 11) is 0. The minimum Gasteiger partial charge on any atom is -0.354 e. The Morgan fingerprint density at radius 2 is 2.00 bits per heavy atom. The van der Waals surface area contributed by atoms with Crippen LogP contribution in [0.3, 0.4) is 0 Å². The predicted octanol–water partition coefficient (Wildman–Crippen LogP) is -0.271. The monoisotopic (exact) mass is 249 g/mol. The second kappa shape index (κ2) is 7.45. The molecule has 1 aromatic rings. The molecule has 0 aliphatic carbocycles. The molecule has 0 saturated heterocycles. The predicted molar refractivity (Wildman–Crippen MR) is 70.0 cm³/mol. The van der Waals surface area contributed by atoms with E-state index in [9.17, 15) is 9.59 Å². The summed E-state index contributed by atoms with van der Waals surface area (Å²) in [5.41, 5.74) is 7.49. The summed E-state index contributed by atoms with van der Waals surface area (Å²) in [5, 5.41) is 5.15. The van der Waals surface area contributed by atoms with Gasteiger partial charge in [-0.05, 0) is 18.9 Å². The van der Waals surface area contributed by atoms with E-state index >= 15 is 0 Å². The Hall–Kier alpha value is -1.88. The number of carbonyl (C=O) groups is 2. The Labute approximate surface area is 107 Å². The van der Waals surface area contributed by atoms with Crippen LogP contribution < -0.4 is 16.4 Å². The molecule has 0 saturated carbocycles. The van der Waals surface area contributed by atoms with E-state index in [2.05, 4.69) is 16.7 Å². The molecule has 0 aromatic heterocycles. The van der Waals surface area contributed by atoms with Crippen molar-refractivity contribution in [2.45, 2.75) is 13.3 Å². The van der Waals surface area contributed by atoms with Gasteiger partial charge in [0.2, 0.25) is 11.8 Å². The second-order valence-corrected chi connectivity index (χ2v) is 4.07. The van der Waals surface area contributed by atoms with Crippen molar-refractivity contribution >= 4 is 11.8 Å². The Kier molecular flexibility index (Phi) is 5.87. The minimum absolute atomic E-state index is 0.0240. The maximum absolute atomic E-state index is 11.4. The van der Waals surface area contributed by atoms with Gasteiger partial charge >= 0.3 is 0 Å². The van der Waals surface area contributed by atoms with Crippen LogP contribution in [0.15, 0.2) is 24.3 Å². The molecule has 98 valence electrons. The quantitative estimate of drug-likeness (QED) is 0.649. The number of hydrogen-bond donors (Lipinski definition) is 3. The molecule has 0 atom stereocenters. The van der Waals surface area contributed by atoms with Crippen molar-refractivity contribution < 1.29 is 9.59 Å². The van der Waals surface area contributed by atoms with Crippen molar-refractivity contribution in [3.8, 4) is 0 Å². The number of rotatable bonds is 6. The van der Waals surface area contributed by atoms with Gasteiger partial charge in [0.1, 0.15) is 0 Å². The Morgan fingerprint density at radius 3 is 2.67 bits per heavy atom. The third kappa shape index (κ3) is 5.45. The summed E-state index contributed by atoms with van der Waals surface area (Å²) < 4.78 is 0. The molecule has 5 nitrogen and oxygen atoms in total. The lowest BCUT2D eigenvalue weighted by molar-refractivity contribution is -0.125. The number of amides is 2. The molecule has 18 heavy (non-hydrogen) atoms. The summed E-state index contributed by atoms with van der Waals surface area (Å²) in [6.07, 6.45) is 0.776. The molecule has 2 amide bonds. The lowest BCUT2D eigenvalue weighted by atomic mass is 10.1. The Bertz CT molecular complexity index is 418. The highest BCUT2D eigenvalue weighted by Gasteiger charge is 2.03. The molecule has 5 heteroatoms. The van der Waals surface area contributed by atoms with Gasteiger partial charge in [0.25, 0.3) is 0 Å². The van der Waals surface area contributed by atoms with E-state index in [0.717, 1.165) is 6.42 Å². The van der Waals surface area contributed by atoms with Gasteiger partial charge < -0.3 is 16.4 Å². The number of nitrogens with two attached hydrogens (primary N) is 1. The molecule has 0 bridgehead atoms. The van der Waals surface area contributed by atoms with Crippen LogP contribution in [0.5, 0.6) is 0 Å². The molecule has 0 aliphatic rings. The third-order valence-electron chi connectivity index (χ3n) is 2.45. The van der Waals surface area contributed by atoms with Crippen molar-refractivity contribution in [3.05, 3.63) is 35.4 Å². The van der Waals surface area contributed by atoms with E-state index in [0.29, 0.717) is 6.54 Å². The first kappa shape index (κ1) is 14.2. The molecule has 4 N–H and O–H groups in total. The highest BCUT2D eigenvalue weighted by Crippen LogP contribution is 2.03. The van der Waals surface area contributed by atoms with Crippen LogP contribution in [0.25, 0.3) is 0 Å². The highest BCUT2D eigenvalue weighted by molar-refractivity contribution is 5.85. The number of carbonyl (C=O) groups excluding carboxylic acids is 2. The van der Waals surface area contributed by atoms with Crippen LogP contribution in [0.2, 0.25) is 0 Å². The fourth-order valence-electron chi connectivity index (χ4n) is 1.53. The lowest BCUT2D eigenvalue weighted by Crippen LogP contribution is -2.40. The standard InChI is InChI=1S/C13H19N3O2/c1-10-3-2-4-11(7-10)5-6-15-13(18)9-16-12(17)8-14/h2-4,7H,5-6,8-9,14H2,1H3,(H,15,18)(H,16,17). The number of benzene rings is 1. The SMILES string of the molecule is Cc1cccc(CCNC(=O)CNC(=O)CN)c1. The van der Waals surface area contributed by atoms with Crippen molar-refractivity contribution in [1.29, 1.82) is 0 Å². The van der Waals surface area contributed by atoms with E-state index in [1.165, 1.54) is 11.1 Å². The van der Waals surface area contributed by atoms with Gasteiger partial charge in [-0.15, -0.1) is 0 Å². The third-order valence-corrected chi connectivity index (χ3v) is 2.45. The number of nitrogens with one attached hydrogen (secondary N) is 2. The summed E-state index contributed by atoms with van der Waals surface area (Å²) in [6.45, 7) is 2.46. The number of aryl methyl sites for hydroxylation is 1. The highest BCUT2D eigenvalue weighted by atomic mass is 16.2. The van der Waals surface area contributed by atoms with Gasteiger partial charge in [0.15, 0.2) is 0 Å². The van der Waals surface area contributed by atoms with Crippen molar-refractivity contribution in [3.63, 3.8) is 0 Å². The molecule has 0 radical (unpaired) electrons. The van der Waals surface area contributed by atoms with Crippen LogP contribution in [-0.2, 0) is 16.0 Å². The first-order valence-electron chi connectivity index (χ1n) is 5.91. The van der Waals surface area contributed by atoms with E-state index in [1.54, 1.807) is 0 Å². The zero-order valence-electron chi connectivity index (χ0n) is 10.5. The van der Waals surface area contributed by atoms with Crippen LogP contribution in [0, 0.1) is 6.92 Å². The lowest BCUT2D eigenvalue weighted by Gasteiger charge is -2.06. The summed E-state index contributed by atoms with van der Waals surface area (Å²) >= 11 is 0. The smallest absolute Gasteiger partial charge is 0.239 e. The van der Waals surface area contributed by atoms with Gasteiger partial charge in [-0.2, -0.15) is 0 Å². The first-order chi connectivity index (χ1) is 8.61. The second-order valence-electron chi connectivity index (χ2n) is 4.07. The molecule has 0 heterocycles. The topological polar surface area (TPSA) is 84.2 Å². The van der Waals surface area contributed by atoms with E-state index in [-0.39, 0.29) is 24.9 Å². The largest absolute Gasteiger partial charge is 0.354 e. The molecule has 0 spiro atoms. The average molecular weight is 249 g/mol. The fourth-order valence-corrected chi connectivity index (χ4v) is 1.53. The average Bonchev–Trinajstić information content (AvgIpc) is 2.36. The van der Waals surface area contributed by atoms with Crippen LogP contribution in [0.4, 0.5) is 0 Å². The maximum Gasteiger partial charge on any atom is 0.239 e. The van der Waals surface area contributed by atoms with E-state index in [1.807, 2.05) is 25.1 Å². The van der Waals surface area contributed by atoms with Gasteiger partial charge in [-0.3, -0.25) is 9.59 Å².